The maximum absolute atomic E-state index is 9.52. The minimum Gasteiger partial charge on any atom is -0.394 e. The summed E-state index contributed by atoms with van der Waals surface area (Å²) in [4.78, 5) is 2.05. The van der Waals surface area contributed by atoms with Gasteiger partial charge in [-0.1, -0.05) is 17.7 Å². The summed E-state index contributed by atoms with van der Waals surface area (Å²) in [6.45, 7) is 3.66. The summed E-state index contributed by atoms with van der Waals surface area (Å²) < 4.78 is 0. The summed E-state index contributed by atoms with van der Waals surface area (Å²) >= 11 is 0. The van der Waals surface area contributed by atoms with E-state index in [-0.39, 0.29) is 6.61 Å². The van der Waals surface area contributed by atoms with Crippen molar-refractivity contribution in [3.63, 3.8) is 0 Å². The van der Waals surface area contributed by atoms with Crippen molar-refractivity contribution in [1.82, 2.24) is 0 Å². The Bertz CT molecular complexity index is 314. The third-order valence-corrected chi connectivity index (χ3v) is 2.67. The van der Waals surface area contributed by atoms with E-state index >= 15 is 0 Å². The molecule has 4 heteroatoms. The molecule has 4 nitrogen and oxygen atoms in total. The molecule has 0 fully saturated rings. The second-order valence-electron chi connectivity index (χ2n) is 4.26. The van der Waals surface area contributed by atoms with E-state index in [1.165, 1.54) is 5.56 Å². The molecule has 1 unspecified atom stereocenters. The number of aliphatic hydroxyl groups excluding tert-OH is 2. The SMILES string of the molecule is Cc1ccc(N(CCCN)CC(O)CO)cc1. The van der Waals surface area contributed by atoms with Crippen LogP contribution in [0.25, 0.3) is 0 Å². The Hall–Kier alpha value is -1.10. The topological polar surface area (TPSA) is 69.7 Å². The molecule has 0 aliphatic heterocycles. The van der Waals surface area contributed by atoms with Crippen LogP contribution >= 0.6 is 0 Å². The van der Waals surface area contributed by atoms with Gasteiger partial charge in [-0.25, -0.2) is 0 Å². The van der Waals surface area contributed by atoms with Gasteiger partial charge in [0.15, 0.2) is 0 Å². The Morgan fingerprint density at radius 2 is 1.94 bits per heavy atom. The monoisotopic (exact) mass is 238 g/mol. The smallest absolute Gasteiger partial charge is 0.0945 e. The zero-order valence-electron chi connectivity index (χ0n) is 10.3. The molecule has 1 rings (SSSR count). The minimum absolute atomic E-state index is 0.217. The number of benzene rings is 1. The van der Waals surface area contributed by atoms with E-state index in [0.29, 0.717) is 13.1 Å². The first-order valence-corrected chi connectivity index (χ1v) is 5.98. The molecule has 1 aromatic carbocycles. The predicted molar refractivity (Wildman–Crippen MR) is 70.2 cm³/mol. The molecule has 0 radical (unpaired) electrons. The fourth-order valence-corrected chi connectivity index (χ4v) is 1.68. The lowest BCUT2D eigenvalue weighted by atomic mass is 10.2. The second-order valence-corrected chi connectivity index (χ2v) is 4.26. The number of nitrogens with two attached hydrogens (primary N) is 1. The molecule has 0 aliphatic rings. The molecule has 0 amide bonds. The molecule has 1 atom stereocenters. The molecule has 0 spiro atoms. The summed E-state index contributed by atoms with van der Waals surface area (Å²) in [6.07, 6.45) is 0.153. The first-order chi connectivity index (χ1) is 8.17. The summed E-state index contributed by atoms with van der Waals surface area (Å²) in [7, 11) is 0. The Labute approximate surface area is 103 Å². The van der Waals surface area contributed by atoms with Crippen LogP contribution in [0.2, 0.25) is 0 Å². The van der Waals surface area contributed by atoms with Crippen molar-refractivity contribution in [2.45, 2.75) is 19.4 Å². The summed E-state index contributed by atoms with van der Waals surface area (Å²) in [5, 5.41) is 18.4. The molecule has 0 saturated carbocycles. The number of aryl methyl sites for hydroxylation is 1. The van der Waals surface area contributed by atoms with E-state index in [2.05, 4.69) is 0 Å². The number of hydrogen-bond donors (Lipinski definition) is 3. The van der Waals surface area contributed by atoms with Gasteiger partial charge in [-0.15, -0.1) is 0 Å². The molecule has 17 heavy (non-hydrogen) atoms. The van der Waals surface area contributed by atoms with Crippen molar-refractivity contribution in [1.29, 1.82) is 0 Å². The van der Waals surface area contributed by atoms with E-state index in [1.807, 2.05) is 36.1 Å². The number of hydrogen-bond acceptors (Lipinski definition) is 4. The average Bonchev–Trinajstić information content (AvgIpc) is 2.35. The van der Waals surface area contributed by atoms with Crippen LogP contribution in [0.1, 0.15) is 12.0 Å². The molecule has 0 aliphatic carbocycles. The van der Waals surface area contributed by atoms with Gasteiger partial charge >= 0.3 is 0 Å². The first kappa shape index (κ1) is 14.0. The maximum atomic E-state index is 9.52. The highest BCUT2D eigenvalue weighted by molar-refractivity contribution is 5.47. The lowest BCUT2D eigenvalue weighted by Crippen LogP contribution is -2.35. The van der Waals surface area contributed by atoms with Crippen LogP contribution in [0.3, 0.4) is 0 Å². The van der Waals surface area contributed by atoms with Gasteiger partial charge in [0.1, 0.15) is 0 Å². The Morgan fingerprint density at radius 3 is 2.47 bits per heavy atom. The van der Waals surface area contributed by atoms with Crippen LogP contribution in [0.5, 0.6) is 0 Å². The van der Waals surface area contributed by atoms with Gasteiger partial charge in [-0.3, -0.25) is 0 Å². The molecule has 1 aromatic rings. The zero-order chi connectivity index (χ0) is 12.7. The van der Waals surface area contributed by atoms with E-state index in [9.17, 15) is 5.11 Å². The van der Waals surface area contributed by atoms with E-state index in [1.54, 1.807) is 0 Å². The molecule has 0 aromatic heterocycles. The average molecular weight is 238 g/mol. The van der Waals surface area contributed by atoms with Crippen molar-refractivity contribution < 1.29 is 10.2 Å². The molecular weight excluding hydrogens is 216 g/mol. The summed E-state index contributed by atoms with van der Waals surface area (Å²) in [6, 6.07) is 8.12. The molecular formula is C13H22N2O2. The van der Waals surface area contributed by atoms with Crippen molar-refractivity contribution >= 4 is 5.69 Å². The number of nitrogens with zero attached hydrogens (tertiary/aromatic N) is 1. The van der Waals surface area contributed by atoms with Gasteiger partial charge in [0, 0.05) is 18.8 Å². The van der Waals surface area contributed by atoms with Gasteiger partial charge in [-0.05, 0) is 32.0 Å². The number of anilines is 1. The quantitative estimate of drug-likeness (QED) is 0.647. The highest BCUT2D eigenvalue weighted by Crippen LogP contribution is 2.15. The Kier molecular flexibility index (Phi) is 5.97. The normalized spacial score (nSPS) is 12.5. The molecule has 0 bridgehead atoms. The third-order valence-electron chi connectivity index (χ3n) is 2.67. The van der Waals surface area contributed by atoms with Crippen molar-refractivity contribution in [2.75, 3.05) is 31.1 Å². The van der Waals surface area contributed by atoms with Gasteiger partial charge in [0.05, 0.1) is 12.7 Å². The summed E-state index contributed by atoms with van der Waals surface area (Å²) in [5.74, 6) is 0. The van der Waals surface area contributed by atoms with Crippen LogP contribution in [-0.2, 0) is 0 Å². The van der Waals surface area contributed by atoms with E-state index in [4.69, 9.17) is 10.8 Å². The van der Waals surface area contributed by atoms with Gasteiger partial charge in [0.25, 0.3) is 0 Å². The van der Waals surface area contributed by atoms with Crippen LogP contribution in [0.15, 0.2) is 24.3 Å². The van der Waals surface area contributed by atoms with E-state index in [0.717, 1.165) is 18.7 Å². The lowest BCUT2D eigenvalue weighted by molar-refractivity contribution is 0.0998. The molecule has 0 saturated heterocycles. The highest BCUT2D eigenvalue weighted by Gasteiger charge is 2.11. The van der Waals surface area contributed by atoms with Gasteiger partial charge in [0.2, 0.25) is 0 Å². The van der Waals surface area contributed by atoms with E-state index < -0.39 is 6.10 Å². The zero-order valence-corrected chi connectivity index (χ0v) is 10.3. The molecule has 4 N–H and O–H groups in total. The number of aliphatic hydroxyl groups is 2. The molecule has 96 valence electrons. The number of rotatable bonds is 7. The Morgan fingerprint density at radius 1 is 1.29 bits per heavy atom. The van der Waals surface area contributed by atoms with Gasteiger partial charge in [-0.2, -0.15) is 0 Å². The summed E-state index contributed by atoms with van der Waals surface area (Å²) in [5.41, 5.74) is 7.76. The first-order valence-electron chi connectivity index (χ1n) is 5.98. The standard InChI is InChI=1S/C13H22N2O2/c1-11-3-5-12(6-4-11)15(8-2-7-14)9-13(17)10-16/h3-6,13,16-17H,2,7-10,14H2,1H3. The fourth-order valence-electron chi connectivity index (χ4n) is 1.68. The highest BCUT2D eigenvalue weighted by atomic mass is 16.3. The van der Waals surface area contributed by atoms with Crippen molar-refractivity contribution in [3.8, 4) is 0 Å². The fraction of sp³-hybridized carbons (Fsp3) is 0.538. The van der Waals surface area contributed by atoms with Crippen molar-refractivity contribution in [3.05, 3.63) is 29.8 Å². The van der Waals surface area contributed by atoms with Crippen LogP contribution in [-0.4, -0.2) is 42.6 Å². The lowest BCUT2D eigenvalue weighted by Gasteiger charge is -2.26. The van der Waals surface area contributed by atoms with Crippen LogP contribution < -0.4 is 10.6 Å². The largest absolute Gasteiger partial charge is 0.394 e. The maximum Gasteiger partial charge on any atom is 0.0945 e. The minimum atomic E-state index is -0.714. The Balaban J connectivity index is 2.70. The van der Waals surface area contributed by atoms with Crippen molar-refractivity contribution in [2.24, 2.45) is 5.73 Å². The molecule has 0 heterocycles. The van der Waals surface area contributed by atoms with Crippen LogP contribution in [0, 0.1) is 6.92 Å². The van der Waals surface area contributed by atoms with Gasteiger partial charge < -0.3 is 20.8 Å². The predicted octanol–water partition coefficient (Wildman–Crippen LogP) is 0.503. The second kappa shape index (κ2) is 7.27. The third kappa shape index (κ3) is 4.73. The van der Waals surface area contributed by atoms with Crippen LogP contribution in [0.4, 0.5) is 5.69 Å².